The van der Waals surface area contributed by atoms with Crippen molar-refractivity contribution in [1.29, 1.82) is 0 Å². The Labute approximate surface area is 212 Å². The van der Waals surface area contributed by atoms with Gasteiger partial charge in [0.05, 0.1) is 26.2 Å². The van der Waals surface area contributed by atoms with Crippen LogP contribution in [0.4, 0.5) is 0 Å². The van der Waals surface area contributed by atoms with Crippen LogP contribution in [0.15, 0.2) is 36.4 Å². The summed E-state index contributed by atoms with van der Waals surface area (Å²) < 4.78 is 17.4. The van der Waals surface area contributed by atoms with E-state index in [1.807, 2.05) is 30.3 Å². The van der Waals surface area contributed by atoms with Crippen LogP contribution in [0.2, 0.25) is 10.0 Å². The highest BCUT2D eigenvalue weighted by Crippen LogP contribution is 2.46. The normalized spacial score (nSPS) is 16.8. The number of fused-ring (bicyclic) bond motifs is 2. The third-order valence-electron chi connectivity index (χ3n) is 6.92. The van der Waals surface area contributed by atoms with Crippen LogP contribution >= 0.6 is 23.2 Å². The van der Waals surface area contributed by atoms with E-state index in [9.17, 15) is 4.79 Å². The first kappa shape index (κ1) is 25.2. The maximum absolute atomic E-state index is 11.9. The highest BCUT2D eigenvalue weighted by Gasteiger charge is 2.43. The Kier molecular flexibility index (Phi) is 8.62. The zero-order chi connectivity index (χ0) is 24.0. The molecule has 0 N–H and O–H groups in total. The number of rotatable bonds is 10. The number of esters is 1. The van der Waals surface area contributed by atoms with Crippen molar-refractivity contribution in [2.75, 3.05) is 39.5 Å². The van der Waals surface area contributed by atoms with Gasteiger partial charge in [-0.25, -0.2) is 0 Å². The highest BCUT2D eigenvalue weighted by atomic mass is 35.5. The van der Waals surface area contributed by atoms with Crippen molar-refractivity contribution >= 4 is 29.2 Å². The molecule has 1 fully saturated rings. The Bertz CT molecular complexity index is 968. The second-order valence-corrected chi connectivity index (χ2v) is 10.0. The predicted octanol–water partition coefficient (Wildman–Crippen LogP) is 6.07. The van der Waals surface area contributed by atoms with E-state index in [1.165, 1.54) is 5.56 Å². The molecule has 0 aromatic heterocycles. The minimum atomic E-state index is -0.0902. The van der Waals surface area contributed by atoms with Gasteiger partial charge in [-0.05, 0) is 56.1 Å². The number of piperidine rings is 1. The van der Waals surface area contributed by atoms with Gasteiger partial charge in [-0.1, -0.05) is 48.7 Å². The number of ether oxygens (including phenoxy) is 3. The minimum Gasteiger partial charge on any atom is -0.493 e. The first-order valence-corrected chi connectivity index (χ1v) is 13.0. The second-order valence-electron chi connectivity index (χ2n) is 9.19. The number of halogens is 2. The minimum absolute atomic E-state index is 0.0527. The monoisotopic (exact) mass is 505 g/mol. The average molecular weight is 506 g/mol. The van der Waals surface area contributed by atoms with E-state index in [-0.39, 0.29) is 11.4 Å². The number of nitrogens with zero attached hydrogens (tertiary/aromatic N) is 1. The quantitative estimate of drug-likeness (QED) is 0.289. The highest BCUT2D eigenvalue weighted by molar-refractivity contribution is 6.35. The zero-order valence-corrected chi connectivity index (χ0v) is 21.3. The lowest BCUT2D eigenvalue weighted by Crippen LogP contribution is -2.44. The van der Waals surface area contributed by atoms with E-state index >= 15 is 0 Å². The summed E-state index contributed by atoms with van der Waals surface area (Å²) in [7, 11) is 0. The Morgan fingerprint density at radius 3 is 2.62 bits per heavy atom. The molecule has 0 saturated carbocycles. The third-order valence-corrected chi connectivity index (χ3v) is 7.63. The summed E-state index contributed by atoms with van der Waals surface area (Å²) in [6, 6.07) is 11.7. The van der Waals surface area contributed by atoms with Gasteiger partial charge in [-0.2, -0.15) is 0 Å². The number of likely N-dealkylation sites (tertiary alicyclic amines) is 1. The van der Waals surface area contributed by atoms with E-state index in [1.54, 1.807) is 0 Å². The lowest BCUT2D eigenvalue weighted by atomic mass is 9.74. The molecule has 0 amide bonds. The molecule has 7 heteroatoms. The zero-order valence-electron chi connectivity index (χ0n) is 19.8. The molecule has 2 aromatic rings. The van der Waals surface area contributed by atoms with E-state index in [0.717, 1.165) is 62.4 Å². The Balaban J connectivity index is 1.27. The van der Waals surface area contributed by atoms with E-state index < -0.39 is 0 Å². The molecule has 184 valence electrons. The van der Waals surface area contributed by atoms with Gasteiger partial charge in [0.1, 0.15) is 11.5 Å². The van der Waals surface area contributed by atoms with Gasteiger partial charge >= 0.3 is 5.97 Å². The maximum Gasteiger partial charge on any atom is 0.307 e. The third kappa shape index (κ3) is 5.99. The molecule has 2 heterocycles. The van der Waals surface area contributed by atoms with Crippen LogP contribution in [0.3, 0.4) is 0 Å². The Morgan fingerprint density at radius 1 is 1.12 bits per heavy atom. The van der Waals surface area contributed by atoms with Gasteiger partial charge in [-0.3, -0.25) is 4.79 Å². The summed E-state index contributed by atoms with van der Waals surface area (Å²) >= 11 is 12.5. The first-order valence-electron chi connectivity index (χ1n) is 12.2. The molecule has 5 nitrogen and oxygen atoms in total. The molecule has 2 aromatic carbocycles. The summed E-state index contributed by atoms with van der Waals surface area (Å²) in [6.45, 7) is 6.50. The van der Waals surface area contributed by atoms with Crippen LogP contribution in [0.1, 0.15) is 50.2 Å². The lowest BCUT2D eigenvalue weighted by molar-refractivity contribution is -0.144. The van der Waals surface area contributed by atoms with Gasteiger partial charge in [0, 0.05) is 40.1 Å². The summed E-state index contributed by atoms with van der Waals surface area (Å²) in [6.07, 6.45) is 5.12. The van der Waals surface area contributed by atoms with E-state index in [2.05, 4.69) is 17.9 Å². The molecular weight excluding hydrogens is 473 g/mol. The van der Waals surface area contributed by atoms with Crippen molar-refractivity contribution in [3.8, 4) is 11.5 Å². The van der Waals surface area contributed by atoms with E-state index in [4.69, 9.17) is 37.4 Å². The fraction of sp³-hybridized carbons (Fsp3) is 0.519. The number of hydrogen-bond donors (Lipinski definition) is 0. The number of hydrogen-bond acceptors (Lipinski definition) is 5. The molecule has 4 rings (SSSR count). The van der Waals surface area contributed by atoms with Crippen LogP contribution in [0.5, 0.6) is 11.5 Å². The second kappa shape index (κ2) is 11.7. The molecular formula is C27H33Cl2NO4. The van der Waals surface area contributed by atoms with Crippen LogP contribution in [-0.2, 0) is 21.4 Å². The van der Waals surface area contributed by atoms with Crippen molar-refractivity contribution in [2.24, 2.45) is 0 Å². The van der Waals surface area contributed by atoms with Crippen LogP contribution in [0, 0.1) is 0 Å². The number of carbonyl (C=O) groups is 1. The summed E-state index contributed by atoms with van der Waals surface area (Å²) in [5.41, 5.74) is 2.23. The summed E-state index contributed by atoms with van der Waals surface area (Å²) in [5.74, 6) is 1.62. The number of benzene rings is 2. The topological polar surface area (TPSA) is 48.0 Å². The molecule has 34 heavy (non-hydrogen) atoms. The number of unbranched alkanes of at least 4 members (excludes halogenated alkanes) is 1. The molecule has 0 bridgehead atoms. The van der Waals surface area contributed by atoms with Crippen LogP contribution in [0.25, 0.3) is 0 Å². The van der Waals surface area contributed by atoms with Gasteiger partial charge in [0.2, 0.25) is 0 Å². The first-order chi connectivity index (χ1) is 16.5. The van der Waals surface area contributed by atoms with Crippen molar-refractivity contribution in [2.45, 2.75) is 50.9 Å². The summed E-state index contributed by atoms with van der Waals surface area (Å²) in [5, 5.41) is 1.32. The predicted molar refractivity (Wildman–Crippen MR) is 135 cm³/mol. The lowest BCUT2D eigenvalue weighted by Gasteiger charge is -2.38. The molecule has 2 aliphatic heterocycles. The molecule has 0 atom stereocenters. The van der Waals surface area contributed by atoms with Crippen molar-refractivity contribution in [1.82, 2.24) is 4.90 Å². The van der Waals surface area contributed by atoms with Crippen molar-refractivity contribution in [3.05, 3.63) is 57.6 Å². The molecule has 0 radical (unpaired) electrons. The SMILES string of the molecule is CCCCOC(=O)CCN1CCC2(CC1)COc1cc(OCCc3c(Cl)cccc3Cl)ccc12. The average Bonchev–Trinajstić information content (AvgIpc) is 3.18. The summed E-state index contributed by atoms with van der Waals surface area (Å²) in [4.78, 5) is 14.3. The Morgan fingerprint density at radius 2 is 1.88 bits per heavy atom. The standard InChI is InChI=1S/C27H33Cl2NO4/c1-2-3-16-33-26(31)9-13-30-14-11-27(12-15-30)19-34-25-18-20(7-8-22(25)27)32-17-10-21-23(28)5-4-6-24(21)29/h4-8,18H,2-3,9-17,19H2,1H3. The van der Waals surface area contributed by atoms with E-state index in [0.29, 0.717) is 42.7 Å². The van der Waals surface area contributed by atoms with Crippen molar-refractivity contribution < 1.29 is 19.0 Å². The molecule has 2 aliphatic rings. The van der Waals surface area contributed by atoms with Gasteiger partial charge in [0.15, 0.2) is 0 Å². The van der Waals surface area contributed by atoms with Gasteiger partial charge in [-0.15, -0.1) is 0 Å². The molecule has 0 aliphatic carbocycles. The Hall–Kier alpha value is -1.95. The fourth-order valence-electron chi connectivity index (χ4n) is 4.76. The molecule has 1 spiro atoms. The van der Waals surface area contributed by atoms with Crippen LogP contribution < -0.4 is 9.47 Å². The maximum atomic E-state index is 11.9. The molecule has 0 unspecified atom stereocenters. The smallest absolute Gasteiger partial charge is 0.307 e. The fourth-order valence-corrected chi connectivity index (χ4v) is 5.34. The largest absolute Gasteiger partial charge is 0.493 e. The van der Waals surface area contributed by atoms with Gasteiger partial charge < -0.3 is 19.1 Å². The number of carbonyl (C=O) groups excluding carboxylic acids is 1. The van der Waals surface area contributed by atoms with Crippen molar-refractivity contribution in [3.63, 3.8) is 0 Å². The molecule has 1 saturated heterocycles. The van der Waals surface area contributed by atoms with Crippen LogP contribution in [-0.4, -0.2) is 50.3 Å². The van der Waals surface area contributed by atoms with Gasteiger partial charge in [0.25, 0.3) is 0 Å².